The minimum atomic E-state index is -0.151. The first-order valence-electron chi connectivity index (χ1n) is 7.75. The summed E-state index contributed by atoms with van der Waals surface area (Å²) < 4.78 is 5.23. The Kier molecular flexibility index (Phi) is 4.05. The molecule has 0 radical (unpaired) electrons. The molecule has 2 aliphatic carbocycles. The van der Waals surface area contributed by atoms with Crippen LogP contribution in [0, 0.1) is 5.92 Å². The van der Waals surface area contributed by atoms with Crippen LogP contribution in [-0.4, -0.2) is 23.7 Å². The zero-order valence-electron chi connectivity index (χ0n) is 11.8. The maximum absolute atomic E-state index is 12.2. The Balaban J connectivity index is 1.60. The lowest BCUT2D eigenvalue weighted by atomic mass is 9.84. The monoisotopic (exact) mass is 277 g/mol. The molecule has 1 aromatic rings. The Morgan fingerprint density at radius 1 is 1.35 bits per heavy atom. The summed E-state index contributed by atoms with van der Waals surface area (Å²) in [6, 6.07) is 1.84. The van der Waals surface area contributed by atoms with Crippen molar-refractivity contribution in [1.29, 1.82) is 0 Å². The molecule has 0 bridgehead atoms. The fraction of sp³-hybridized carbons (Fsp3) is 0.733. The predicted octanol–water partition coefficient (Wildman–Crippen LogP) is 2.19. The normalized spacial score (nSPS) is 21.6. The maximum Gasteiger partial charge on any atom is 0.273 e. The van der Waals surface area contributed by atoms with E-state index in [4.69, 9.17) is 10.3 Å². The van der Waals surface area contributed by atoms with Crippen molar-refractivity contribution < 1.29 is 9.32 Å². The number of amides is 1. The molecule has 5 nitrogen and oxygen atoms in total. The molecule has 1 amide bonds. The van der Waals surface area contributed by atoms with Crippen LogP contribution in [0.15, 0.2) is 10.6 Å². The van der Waals surface area contributed by atoms with Crippen LogP contribution < -0.4 is 11.1 Å². The minimum absolute atomic E-state index is 0.0591. The fourth-order valence-electron chi connectivity index (χ4n) is 3.10. The number of rotatable bonds is 5. The Morgan fingerprint density at radius 3 is 2.75 bits per heavy atom. The first kappa shape index (κ1) is 13.6. The van der Waals surface area contributed by atoms with E-state index in [0.29, 0.717) is 24.1 Å². The number of carbonyl (C=O) groups is 1. The first-order valence-corrected chi connectivity index (χ1v) is 7.75. The molecule has 110 valence electrons. The highest BCUT2D eigenvalue weighted by Gasteiger charge is 2.30. The van der Waals surface area contributed by atoms with E-state index in [9.17, 15) is 4.79 Å². The first-order chi connectivity index (χ1) is 9.78. The van der Waals surface area contributed by atoms with Crippen molar-refractivity contribution in [3.8, 4) is 0 Å². The van der Waals surface area contributed by atoms with Gasteiger partial charge in [0.05, 0.1) is 0 Å². The van der Waals surface area contributed by atoms with E-state index in [1.807, 2.05) is 0 Å². The van der Waals surface area contributed by atoms with Gasteiger partial charge in [-0.25, -0.2) is 0 Å². The smallest absolute Gasteiger partial charge is 0.273 e. The van der Waals surface area contributed by atoms with Crippen molar-refractivity contribution in [3.63, 3.8) is 0 Å². The zero-order chi connectivity index (χ0) is 13.9. The topological polar surface area (TPSA) is 81.1 Å². The summed E-state index contributed by atoms with van der Waals surface area (Å²) in [5, 5.41) is 6.92. The summed E-state index contributed by atoms with van der Waals surface area (Å²) in [4.78, 5) is 12.2. The lowest BCUT2D eigenvalue weighted by molar-refractivity contribution is 0.0906. The number of nitrogens with two attached hydrogens (primary N) is 1. The van der Waals surface area contributed by atoms with Gasteiger partial charge >= 0.3 is 0 Å². The Labute approximate surface area is 119 Å². The molecule has 0 saturated heterocycles. The van der Waals surface area contributed by atoms with Gasteiger partial charge in [-0.2, -0.15) is 0 Å². The van der Waals surface area contributed by atoms with Crippen LogP contribution in [0.1, 0.15) is 67.1 Å². The molecular formula is C15H23N3O2. The average molecular weight is 277 g/mol. The lowest BCUT2D eigenvalue weighted by Gasteiger charge is -2.29. The Bertz CT molecular complexity index is 461. The predicted molar refractivity (Wildman–Crippen MR) is 75.4 cm³/mol. The van der Waals surface area contributed by atoms with Crippen LogP contribution in [0.2, 0.25) is 0 Å². The Hall–Kier alpha value is -1.36. The van der Waals surface area contributed by atoms with Gasteiger partial charge in [0.25, 0.3) is 5.91 Å². The van der Waals surface area contributed by atoms with Crippen molar-refractivity contribution in [2.45, 2.75) is 56.9 Å². The fourth-order valence-corrected chi connectivity index (χ4v) is 3.10. The van der Waals surface area contributed by atoms with Gasteiger partial charge in [0.1, 0.15) is 5.76 Å². The highest BCUT2D eigenvalue weighted by molar-refractivity contribution is 5.92. The second kappa shape index (κ2) is 5.95. The molecule has 3 rings (SSSR count). The van der Waals surface area contributed by atoms with Gasteiger partial charge in [-0.1, -0.05) is 24.4 Å². The molecule has 1 unspecified atom stereocenters. The summed E-state index contributed by atoms with van der Waals surface area (Å²) >= 11 is 0. The zero-order valence-corrected chi connectivity index (χ0v) is 11.8. The second-order valence-corrected chi connectivity index (χ2v) is 6.10. The van der Waals surface area contributed by atoms with E-state index in [0.717, 1.165) is 31.4 Å². The van der Waals surface area contributed by atoms with E-state index in [1.54, 1.807) is 6.07 Å². The molecule has 0 aliphatic heterocycles. The molecule has 2 aliphatic rings. The van der Waals surface area contributed by atoms with E-state index in [-0.39, 0.29) is 11.9 Å². The summed E-state index contributed by atoms with van der Waals surface area (Å²) in [7, 11) is 0. The van der Waals surface area contributed by atoms with Crippen LogP contribution in [0.4, 0.5) is 0 Å². The molecule has 5 heteroatoms. The third-order valence-corrected chi connectivity index (χ3v) is 4.53. The summed E-state index contributed by atoms with van der Waals surface area (Å²) in [6.45, 7) is 0.490. The third-order valence-electron chi connectivity index (χ3n) is 4.53. The van der Waals surface area contributed by atoms with Crippen LogP contribution in [0.5, 0.6) is 0 Å². The van der Waals surface area contributed by atoms with Crippen molar-refractivity contribution in [2.75, 3.05) is 6.54 Å². The number of carbonyl (C=O) groups excluding carboxylic acids is 1. The van der Waals surface area contributed by atoms with Crippen LogP contribution in [0.25, 0.3) is 0 Å². The number of hydrogen-bond acceptors (Lipinski definition) is 4. The van der Waals surface area contributed by atoms with Crippen LogP contribution >= 0.6 is 0 Å². The van der Waals surface area contributed by atoms with E-state index in [2.05, 4.69) is 10.5 Å². The van der Waals surface area contributed by atoms with Gasteiger partial charge in [0.15, 0.2) is 5.69 Å². The van der Waals surface area contributed by atoms with Gasteiger partial charge in [0.2, 0.25) is 0 Å². The molecule has 2 saturated carbocycles. The van der Waals surface area contributed by atoms with Crippen LogP contribution in [0.3, 0.4) is 0 Å². The van der Waals surface area contributed by atoms with Gasteiger partial charge in [-0.3, -0.25) is 4.79 Å². The maximum atomic E-state index is 12.2. The summed E-state index contributed by atoms with van der Waals surface area (Å²) in [5.74, 6) is 1.68. The van der Waals surface area contributed by atoms with Gasteiger partial charge in [-0.15, -0.1) is 0 Å². The summed E-state index contributed by atoms with van der Waals surface area (Å²) in [5.41, 5.74) is 6.22. The van der Waals surface area contributed by atoms with E-state index >= 15 is 0 Å². The highest BCUT2D eigenvalue weighted by atomic mass is 16.5. The minimum Gasteiger partial charge on any atom is -0.360 e. The Morgan fingerprint density at radius 2 is 2.10 bits per heavy atom. The summed E-state index contributed by atoms with van der Waals surface area (Å²) in [6.07, 6.45) is 8.39. The molecule has 1 heterocycles. The number of hydrogen-bond donors (Lipinski definition) is 2. The number of aromatic nitrogens is 1. The molecule has 1 aromatic heterocycles. The largest absolute Gasteiger partial charge is 0.360 e. The molecule has 1 atom stereocenters. The quantitative estimate of drug-likeness (QED) is 0.864. The highest BCUT2D eigenvalue weighted by Crippen LogP contribution is 2.40. The number of nitrogens with one attached hydrogen (secondary N) is 1. The van der Waals surface area contributed by atoms with E-state index in [1.165, 1.54) is 19.3 Å². The average Bonchev–Trinajstić information content (AvgIpc) is 3.22. The standard InChI is InChI=1S/C15H23N3O2/c16-9-13(10-4-2-1-3-5-10)17-15(19)12-8-14(20-18-12)11-6-7-11/h8,10-11,13H,1-7,9,16H2,(H,17,19). The van der Waals surface area contributed by atoms with Crippen LogP contribution in [-0.2, 0) is 0 Å². The van der Waals surface area contributed by atoms with Gasteiger partial charge in [-0.05, 0) is 31.6 Å². The van der Waals surface area contributed by atoms with E-state index < -0.39 is 0 Å². The second-order valence-electron chi connectivity index (χ2n) is 6.10. The SMILES string of the molecule is NCC(NC(=O)c1cc(C2CC2)on1)C1CCCCC1. The van der Waals surface area contributed by atoms with Gasteiger partial charge < -0.3 is 15.6 Å². The van der Waals surface area contributed by atoms with Crippen molar-refractivity contribution in [3.05, 3.63) is 17.5 Å². The molecule has 20 heavy (non-hydrogen) atoms. The van der Waals surface area contributed by atoms with Crippen molar-refractivity contribution >= 4 is 5.91 Å². The van der Waals surface area contributed by atoms with Crippen molar-refractivity contribution in [1.82, 2.24) is 10.5 Å². The van der Waals surface area contributed by atoms with Crippen molar-refractivity contribution in [2.24, 2.45) is 11.7 Å². The molecular weight excluding hydrogens is 254 g/mol. The molecule has 2 fully saturated rings. The molecule has 3 N–H and O–H groups in total. The molecule has 0 aromatic carbocycles. The van der Waals surface area contributed by atoms with Gasteiger partial charge in [0, 0.05) is 24.6 Å². The third kappa shape index (κ3) is 3.03. The number of nitrogens with zero attached hydrogens (tertiary/aromatic N) is 1. The molecule has 0 spiro atoms. The lowest BCUT2D eigenvalue weighted by Crippen LogP contribution is -2.46.